The summed E-state index contributed by atoms with van der Waals surface area (Å²) >= 11 is 0. The van der Waals surface area contributed by atoms with Crippen LogP contribution in [0, 0.1) is 12.3 Å². The van der Waals surface area contributed by atoms with Gasteiger partial charge in [-0.15, -0.1) is 6.42 Å². The van der Waals surface area contributed by atoms with E-state index in [1.165, 1.54) is 0 Å². The molecule has 0 aromatic rings. The van der Waals surface area contributed by atoms with Gasteiger partial charge in [-0.25, -0.2) is 0 Å². The Morgan fingerprint density at radius 3 is 2.40 bits per heavy atom. The van der Waals surface area contributed by atoms with Gasteiger partial charge in [0, 0.05) is 52.2 Å². The second-order valence-corrected chi connectivity index (χ2v) is 4.31. The fraction of sp³-hybridized carbons (Fsp3) is 0.727. The number of aldehydes is 1. The van der Waals surface area contributed by atoms with E-state index in [1.54, 1.807) is 0 Å². The largest absolute Gasteiger partial charge is 0.345 e. The summed E-state index contributed by atoms with van der Waals surface area (Å²) < 4.78 is 0. The molecule has 1 heterocycles. The summed E-state index contributed by atoms with van der Waals surface area (Å²) in [7, 11) is 0. The van der Waals surface area contributed by atoms with Crippen molar-refractivity contribution in [2.75, 3.05) is 13.1 Å². The Morgan fingerprint density at radius 1 is 1.47 bits per heavy atom. The van der Waals surface area contributed by atoms with Crippen molar-refractivity contribution < 1.29 is 42.3 Å². The number of likely N-dealkylation sites (tertiary alicyclic amines) is 1. The van der Waals surface area contributed by atoms with Crippen LogP contribution in [0.1, 0.15) is 32.6 Å². The first kappa shape index (κ1) is 15.2. The number of piperidine rings is 1. The summed E-state index contributed by atoms with van der Waals surface area (Å²) in [6.45, 7) is 7.26. The smallest absolute Gasteiger partial charge is 0.192 e. The SMILES string of the molecule is [CH2-]CC(=O)N1CCC(C)(CC=O)CC1.[Y]. The molecule has 0 unspecified atom stereocenters. The number of hydrogen-bond acceptors (Lipinski definition) is 2. The molecule has 1 amide bonds. The van der Waals surface area contributed by atoms with Crippen LogP contribution in [-0.2, 0) is 42.3 Å². The van der Waals surface area contributed by atoms with Crippen LogP contribution >= 0.6 is 0 Å². The van der Waals surface area contributed by atoms with Gasteiger partial charge in [0.15, 0.2) is 5.91 Å². The maximum Gasteiger partial charge on any atom is 0.192 e. The predicted molar refractivity (Wildman–Crippen MR) is 54.6 cm³/mol. The van der Waals surface area contributed by atoms with Gasteiger partial charge in [0.05, 0.1) is 0 Å². The van der Waals surface area contributed by atoms with Gasteiger partial charge in [-0.3, -0.25) is 4.79 Å². The first-order valence-corrected chi connectivity index (χ1v) is 5.12. The van der Waals surface area contributed by atoms with Crippen molar-refractivity contribution >= 4 is 12.2 Å². The molecule has 1 saturated heterocycles. The number of nitrogens with zero attached hydrogens (tertiary/aromatic N) is 1. The fourth-order valence-corrected chi connectivity index (χ4v) is 1.86. The minimum atomic E-state index is 0. The second kappa shape index (κ2) is 6.75. The molecular formula is C11H18NO2Y-. The summed E-state index contributed by atoms with van der Waals surface area (Å²) in [6.07, 6.45) is 3.79. The molecule has 0 N–H and O–H groups in total. The summed E-state index contributed by atoms with van der Waals surface area (Å²) in [6, 6.07) is 0. The second-order valence-electron chi connectivity index (χ2n) is 4.31. The van der Waals surface area contributed by atoms with Crippen molar-refractivity contribution in [2.45, 2.75) is 32.6 Å². The van der Waals surface area contributed by atoms with E-state index in [-0.39, 0.29) is 44.0 Å². The van der Waals surface area contributed by atoms with Gasteiger partial charge in [0.25, 0.3) is 0 Å². The molecule has 1 rings (SSSR count). The monoisotopic (exact) mass is 285 g/mol. The summed E-state index contributed by atoms with van der Waals surface area (Å²) in [5, 5.41) is 0. The average molecular weight is 285 g/mol. The van der Waals surface area contributed by atoms with Gasteiger partial charge >= 0.3 is 0 Å². The standard InChI is InChI=1S/C11H18NO2.Y/c1-3-10(14)12-7-4-11(2,5-8-12)6-9-13;/h9H,1,3-8H2,2H3;/q-1;. The van der Waals surface area contributed by atoms with Crippen molar-refractivity contribution in [2.24, 2.45) is 5.41 Å². The minimum absolute atomic E-state index is 0. The Kier molecular flexibility index (Phi) is 6.86. The van der Waals surface area contributed by atoms with Crippen LogP contribution in [0.2, 0.25) is 0 Å². The fourth-order valence-electron chi connectivity index (χ4n) is 1.86. The van der Waals surface area contributed by atoms with Crippen LogP contribution in [-0.4, -0.2) is 30.2 Å². The van der Waals surface area contributed by atoms with Crippen LogP contribution in [0.25, 0.3) is 0 Å². The average Bonchev–Trinajstić information content (AvgIpc) is 2.18. The molecule has 0 aromatic carbocycles. The Labute approximate surface area is 117 Å². The summed E-state index contributed by atoms with van der Waals surface area (Å²) in [5.74, 6) is 0.123. The zero-order chi connectivity index (χ0) is 10.6. The third-order valence-corrected chi connectivity index (χ3v) is 3.11. The van der Waals surface area contributed by atoms with Crippen LogP contribution < -0.4 is 0 Å². The maximum absolute atomic E-state index is 11.3. The molecule has 0 bridgehead atoms. The van der Waals surface area contributed by atoms with Crippen LogP contribution in [0.3, 0.4) is 0 Å². The molecule has 1 fully saturated rings. The molecule has 0 saturated carbocycles. The minimum Gasteiger partial charge on any atom is -0.345 e. The van der Waals surface area contributed by atoms with Crippen LogP contribution in [0.15, 0.2) is 0 Å². The molecule has 1 aliphatic rings. The zero-order valence-electron chi connectivity index (χ0n) is 9.37. The van der Waals surface area contributed by atoms with Crippen molar-refractivity contribution in [1.82, 2.24) is 4.90 Å². The normalized spacial score (nSPS) is 19.2. The van der Waals surface area contributed by atoms with Gasteiger partial charge < -0.3 is 16.6 Å². The predicted octanol–water partition coefficient (Wildman–Crippen LogP) is 1.43. The molecule has 0 aliphatic carbocycles. The van der Waals surface area contributed by atoms with Crippen molar-refractivity contribution in [3.8, 4) is 0 Å². The van der Waals surface area contributed by atoms with E-state index in [4.69, 9.17) is 0 Å². The number of hydrogen-bond donors (Lipinski definition) is 0. The molecule has 15 heavy (non-hydrogen) atoms. The summed E-state index contributed by atoms with van der Waals surface area (Å²) in [5.41, 5.74) is 0.111. The van der Waals surface area contributed by atoms with Crippen LogP contribution in [0.5, 0.6) is 0 Å². The molecule has 0 atom stereocenters. The van der Waals surface area contributed by atoms with Gasteiger partial charge in [-0.1, -0.05) is 6.92 Å². The van der Waals surface area contributed by atoms with Gasteiger partial charge in [0.1, 0.15) is 6.29 Å². The van der Waals surface area contributed by atoms with Gasteiger partial charge in [0.2, 0.25) is 0 Å². The Balaban J connectivity index is 0.00000196. The van der Waals surface area contributed by atoms with E-state index in [1.807, 2.05) is 4.90 Å². The maximum atomic E-state index is 11.3. The van der Waals surface area contributed by atoms with E-state index < -0.39 is 0 Å². The molecular weight excluding hydrogens is 267 g/mol. The molecule has 4 heteroatoms. The third-order valence-electron chi connectivity index (χ3n) is 3.11. The molecule has 1 radical (unpaired) electrons. The van der Waals surface area contributed by atoms with E-state index >= 15 is 0 Å². The Morgan fingerprint density at radius 2 is 2.00 bits per heavy atom. The first-order chi connectivity index (χ1) is 6.61. The molecule has 1 aliphatic heterocycles. The molecule has 3 nitrogen and oxygen atoms in total. The molecule has 0 aromatic heterocycles. The Bertz CT molecular complexity index is 223. The number of rotatable bonds is 3. The summed E-state index contributed by atoms with van der Waals surface area (Å²) in [4.78, 5) is 23.6. The quantitative estimate of drug-likeness (QED) is 0.581. The van der Waals surface area contributed by atoms with Gasteiger partial charge in [-0.05, 0) is 18.3 Å². The van der Waals surface area contributed by atoms with E-state index in [9.17, 15) is 9.59 Å². The van der Waals surface area contributed by atoms with Gasteiger partial charge in [-0.2, -0.15) is 0 Å². The molecule has 0 spiro atoms. The Hall–Kier alpha value is 0.244. The number of carbonyl (C=O) groups excluding carboxylic acids is 2. The first-order valence-electron chi connectivity index (χ1n) is 5.12. The third kappa shape index (κ3) is 4.32. The zero-order valence-corrected chi connectivity index (χ0v) is 12.2. The van der Waals surface area contributed by atoms with E-state index in [0.29, 0.717) is 12.8 Å². The number of carbonyl (C=O) groups is 2. The van der Waals surface area contributed by atoms with E-state index in [0.717, 1.165) is 32.2 Å². The topological polar surface area (TPSA) is 37.4 Å². The van der Waals surface area contributed by atoms with Crippen molar-refractivity contribution in [3.63, 3.8) is 0 Å². The van der Waals surface area contributed by atoms with Crippen molar-refractivity contribution in [3.05, 3.63) is 6.92 Å². The van der Waals surface area contributed by atoms with Crippen LogP contribution in [0.4, 0.5) is 0 Å². The number of amides is 1. The molecule has 83 valence electrons. The van der Waals surface area contributed by atoms with E-state index in [2.05, 4.69) is 13.8 Å². The van der Waals surface area contributed by atoms with Crippen molar-refractivity contribution in [1.29, 1.82) is 0 Å².